The summed E-state index contributed by atoms with van der Waals surface area (Å²) in [5.41, 5.74) is -0.784. The van der Waals surface area contributed by atoms with E-state index in [1.54, 1.807) is 79.3 Å². The average molecular weight is 695 g/mol. The molecule has 2 saturated carbocycles. The van der Waals surface area contributed by atoms with Crippen molar-refractivity contribution < 1.29 is 47.3 Å². The number of carbonyl (C=O) groups is 5. The Morgan fingerprint density at radius 2 is 1.51 bits per heavy atom. The highest BCUT2D eigenvalue weighted by Crippen LogP contribution is 2.68. The normalized spacial score (nSPS) is 32.6. The number of cyclic esters (lactones) is 1. The van der Waals surface area contributed by atoms with Crippen LogP contribution in [0.3, 0.4) is 0 Å². The molecule has 2 bridgehead atoms. The zero-order chi connectivity index (χ0) is 36.3. The van der Waals surface area contributed by atoms with Crippen molar-refractivity contribution >= 4 is 29.7 Å². The molecular weight excluding hydrogens is 652 g/mol. The Balaban J connectivity index is 1.39. The number of benzene rings is 2. The molecule has 4 aliphatic rings. The highest BCUT2D eigenvalue weighted by atomic mass is 16.6. The summed E-state index contributed by atoms with van der Waals surface area (Å²) in [6.07, 6.45) is 3.10. The Morgan fingerprint density at radius 3 is 2.12 bits per heavy atom. The maximum Gasteiger partial charge on any atom is 0.347 e. The van der Waals surface area contributed by atoms with Crippen molar-refractivity contribution in [1.29, 1.82) is 0 Å². The van der Waals surface area contributed by atoms with Crippen molar-refractivity contribution in [3.8, 4) is 0 Å². The summed E-state index contributed by atoms with van der Waals surface area (Å²) in [6, 6.07) is 18.6. The smallest absolute Gasteiger partial charge is 0.347 e. The first-order valence-electron chi connectivity index (χ1n) is 17.4. The number of hydrogen-bond acceptors (Lipinski definition) is 10. The molecule has 2 heterocycles. The highest BCUT2D eigenvalue weighted by Gasteiger charge is 2.71. The number of fused-ring (bicyclic) bond motifs is 6. The zero-order valence-corrected chi connectivity index (χ0v) is 29.3. The predicted octanol–water partition coefficient (Wildman–Crippen LogP) is 6.71. The van der Waals surface area contributed by atoms with Crippen LogP contribution in [-0.4, -0.2) is 49.0 Å². The lowest BCUT2D eigenvalue weighted by molar-refractivity contribution is -0.203. The number of ketones is 1. The highest BCUT2D eigenvalue weighted by molar-refractivity contribution is 5.96. The minimum absolute atomic E-state index is 0.0934. The average Bonchev–Trinajstić information content (AvgIpc) is 3.66. The van der Waals surface area contributed by atoms with Gasteiger partial charge in [-0.25, -0.2) is 14.4 Å². The minimum atomic E-state index is -1.53. The van der Waals surface area contributed by atoms with E-state index in [9.17, 15) is 19.2 Å². The summed E-state index contributed by atoms with van der Waals surface area (Å²) in [4.78, 5) is 69.7. The van der Waals surface area contributed by atoms with E-state index in [1.165, 1.54) is 7.11 Å². The van der Waals surface area contributed by atoms with Crippen LogP contribution in [0, 0.1) is 39.9 Å². The summed E-state index contributed by atoms with van der Waals surface area (Å²) in [5, 5.41) is 0. The number of ether oxygens (including phenoxy) is 4. The van der Waals surface area contributed by atoms with E-state index in [-0.39, 0.29) is 29.7 Å². The van der Waals surface area contributed by atoms with Gasteiger partial charge in [0.2, 0.25) is 6.10 Å². The molecule has 0 N–H and O–H groups in total. The molecule has 1 aliphatic heterocycles. The Morgan fingerprint density at radius 1 is 0.863 bits per heavy atom. The van der Waals surface area contributed by atoms with Gasteiger partial charge in [-0.2, -0.15) is 0 Å². The van der Waals surface area contributed by atoms with Crippen LogP contribution in [0.2, 0.25) is 0 Å². The first-order chi connectivity index (χ1) is 24.3. The van der Waals surface area contributed by atoms with Gasteiger partial charge in [-0.15, -0.1) is 0 Å². The molecule has 2 aromatic carbocycles. The Hall–Kier alpha value is -4.99. The van der Waals surface area contributed by atoms with Crippen LogP contribution in [0.5, 0.6) is 0 Å². The van der Waals surface area contributed by atoms with Crippen LogP contribution in [0.25, 0.3) is 0 Å². The molecule has 10 nitrogen and oxygen atoms in total. The van der Waals surface area contributed by atoms with Crippen LogP contribution in [-0.2, 0) is 33.3 Å². The quantitative estimate of drug-likeness (QED) is 0.149. The van der Waals surface area contributed by atoms with Crippen LogP contribution < -0.4 is 0 Å². The largest absolute Gasteiger partial charge is 0.472 e. The Kier molecular flexibility index (Phi) is 8.55. The van der Waals surface area contributed by atoms with Crippen molar-refractivity contribution in [3.63, 3.8) is 0 Å². The number of furan rings is 1. The third-order valence-corrected chi connectivity index (χ3v) is 12.3. The van der Waals surface area contributed by atoms with Gasteiger partial charge in [0, 0.05) is 27.7 Å². The van der Waals surface area contributed by atoms with E-state index >= 15 is 4.79 Å². The topological polar surface area (TPSA) is 135 Å². The Bertz CT molecular complexity index is 1880. The van der Waals surface area contributed by atoms with Gasteiger partial charge in [0.05, 0.1) is 43.1 Å². The SMILES string of the molecule is COC(=O)[C@H](OC(=O)c1ccccc1)[C@H]1C(C)(C)C(OC(=O)c2ccccc2)[C@@H]2C=C3[C@@H]4CC(=O)O[C@@H](c5ccoc5)[C@]4(C)CC[C@@H]3[C@@]1(C)C2=O. The van der Waals surface area contributed by atoms with Crippen molar-refractivity contribution in [3.05, 3.63) is 108 Å². The lowest BCUT2D eigenvalue weighted by Gasteiger charge is -2.64. The monoisotopic (exact) mass is 694 g/mol. The predicted molar refractivity (Wildman–Crippen MR) is 182 cm³/mol. The number of allylic oxidation sites excluding steroid dienone is 1. The fourth-order valence-corrected chi connectivity index (χ4v) is 9.95. The second kappa shape index (κ2) is 12.7. The maximum absolute atomic E-state index is 15.1. The first kappa shape index (κ1) is 34.5. The van der Waals surface area contributed by atoms with Crippen molar-refractivity contribution in [1.82, 2.24) is 0 Å². The number of rotatable bonds is 7. The van der Waals surface area contributed by atoms with Crippen molar-refractivity contribution in [2.75, 3.05) is 7.11 Å². The minimum Gasteiger partial charge on any atom is -0.472 e. The van der Waals surface area contributed by atoms with Crippen LogP contribution in [0.1, 0.15) is 79.3 Å². The van der Waals surface area contributed by atoms with Gasteiger partial charge in [0.25, 0.3) is 0 Å². The van der Waals surface area contributed by atoms with Gasteiger partial charge >= 0.3 is 23.9 Å². The van der Waals surface area contributed by atoms with E-state index in [4.69, 9.17) is 23.4 Å². The molecule has 1 saturated heterocycles. The third kappa shape index (κ3) is 5.41. The molecule has 3 aromatic rings. The molecule has 0 amide bonds. The van der Waals surface area contributed by atoms with Gasteiger partial charge in [-0.1, -0.05) is 75.7 Å². The standard InChI is InChI=1S/C41H42O10/c1-39(2)32(31(38(46)47-5)50-36(44)23-12-8-6-9-13-23)41(4)28-16-18-40(3)29(21-30(42)49-34(40)25-17-19-48-22-25)26(28)20-27(33(41)43)35(39)51-37(45)24-14-10-7-11-15-24/h6-15,17,19-20,22,27-29,31-32,34-35H,16,18,21H2,1-5H3/t27-,28+,29+,31-,32+,34+,35?,40-,41-/m1/s1. The number of methoxy groups -OCH3 is 1. The second-order valence-electron chi connectivity index (χ2n) is 15.3. The summed E-state index contributed by atoms with van der Waals surface area (Å²) < 4.78 is 29.1. The van der Waals surface area contributed by atoms with Crippen molar-refractivity contribution in [2.45, 2.75) is 65.3 Å². The molecule has 51 heavy (non-hydrogen) atoms. The van der Waals surface area contributed by atoms with E-state index in [0.29, 0.717) is 18.4 Å². The van der Waals surface area contributed by atoms with Gasteiger partial charge in [0.1, 0.15) is 18.0 Å². The number of Topliss-reactive ketones (excluding diaryl/α,β-unsaturated/α-hetero) is 1. The number of hydrogen-bond donors (Lipinski definition) is 0. The molecule has 10 heteroatoms. The number of esters is 4. The molecule has 1 unspecified atom stereocenters. The van der Waals surface area contributed by atoms with E-state index in [1.807, 2.05) is 26.8 Å². The van der Waals surface area contributed by atoms with Gasteiger partial charge in [0.15, 0.2) is 0 Å². The fourth-order valence-electron chi connectivity index (χ4n) is 9.95. The van der Waals surface area contributed by atoms with Gasteiger partial charge in [-0.05, 0) is 55.0 Å². The third-order valence-electron chi connectivity index (χ3n) is 12.3. The molecular formula is C41H42O10. The maximum atomic E-state index is 15.1. The number of carbonyl (C=O) groups excluding carboxylic acids is 5. The van der Waals surface area contributed by atoms with Gasteiger partial charge < -0.3 is 23.4 Å². The molecule has 3 aliphatic carbocycles. The van der Waals surface area contributed by atoms with Crippen LogP contribution in [0.4, 0.5) is 0 Å². The molecule has 3 fully saturated rings. The molecule has 266 valence electrons. The summed E-state index contributed by atoms with van der Waals surface area (Å²) in [7, 11) is 1.21. The van der Waals surface area contributed by atoms with Crippen LogP contribution >= 0.6 is 0 Å². The molecule has 0 spiro atoms. The first-order valence-corrected chi connectivity index (χ1v) is 17.4. The fraction of sp³-hybridized carbons (Fsp3) is 0.439. The van der Waals surface area contributed by atoms with E-state index in [2.05, 4.69) is 6.92 Å². The lowest BCUT2D eigenvalue weighted by Crippen LogP contribution is -2.69. The summed E-state index contributed by atoms with van der Waals surface area (Å²) >= 11 is 0. The molecule has 1 aromatic heterocycles. The Labute approximate surface area is 296 Å². The molecule has 9 atom stereocenters. The van der Waals surface area contributed by atoms with Crippen LogP contribution in [0.15, 0.2) is 95.3 Å². The summed E-state index contributed by atoms with van der Waals surface area (Å²) in [5.74, 6) is -5.45. The van der Waals surface area contributed by atoms with Gasteiger partial charge in [-0.3, -0.25) is 9.59 Å². The molecule has 0 radical (unpaired) electrons. The zero-order valence-electron chi connectivity index (χ0n) is 29.3. The van der Waals surface area contributed by atoms with E-state index < -0.39 is 70.2 Å². The van der Waals surface area contributed by atoms with E-state index in [0.717, 1.165) is 11.1 Å². The molecule has 7 rings (SSSR count). The lowest BCUT2D eigenvalue weighted by atomic mass is 9.40. The van der Waals surface area contributed by atoms with Crippen molar-refractivity contribution in [2.24, 2.45) is 39.9 Å². The summed E-state index contributed by atoms with van der Waals surface area (Å²) in [6.45, 7) is 7.64. The second-order valence-corrected chi connectivity index (χ2v) is 15.3.